The van der Waals surface area contributed by atoms with Crippen molar-refractivity contribution in [3.63, 3.8) is 0 Å². The largest absolute Gasteiger partial charge is 0.224 e. The lowest BCUT2D eigenvalue weighted by atomic mass is 10.1. The van der Waals surface area contributed by atoms with E-state index in [9.17, 15) is 8.42 Å². The van der Waals surface area contributed by atoms with Crippen LogP contribution in [0.5, 0.6) is 0 Å². The Balaban J connectivity index is 2.05. The minimum atomic E-state index is -3.18. The van der Waals surface area contributed by atoms with Crippen LogP contribution in [0.25, 0.3) is 21.7 Å². The van der Waals surface area contributed by atoms with E-state index in [2.05, 4.69) is 9.59 Å². The lowest BCUT2D eigenvalue weighted by Gasteiger charge is -2.03. The Morgan fingerprint density at radius 1 is 0.905 bits per heavy atom. The van der Waals surface area contributed by atoms with Crippen LogP contribution in [0.2, 0.25) is 0 Å². The summed E-state index contributed by atoms with van der Waals surface area (Å²) in [6.45, 7) is 0. The van der Waals surface area contributed by atoms with E-state index in [1.807, 2.05) is 30.3 Å². The molecule has 2 aromatic carbocycles. The van der Waals surface area contributed by atoms with Gasteiger partial charge in [0.2, 0.25) is 0 Å². The molecule has 1 heterocycles. The molecule has 3 rings (SSSR count). The molecular formula is C15H12N2O2S2. The summed E-state index contributed by atoms with van der Waals surface area (Å²) >= 11 is 1.30. The molecule has 0 fully saturated rings. The fraction of sp³-hybridized carbons (Fsp3) is 0.0667. The van der Waals surface area contributed by atoms with E-state index in [-0.39, 0.29) is 0 Å². The molecule has 4 nitrogen and oxygen atoms in total. The standard InChI is InChI=1S/C15H12N2O2S2/c1-21(18,19)13-9-7-12(8-10-13)15-14(16-17-20-15)11-5-3-2-4-6-11/h2-10H,1H3. The second-order valence-corrected chi connectivity index (χ2v) is 7.38. The van der Waals surface area contributed by atoms with Crippen LogP contribution >= 0.6 is 11.5 Å². The van der Waals surface area contributed by atoms with E-state index in [0.717, 1.165) is 21.7 Å². The smallest absolute Gasteiger partial charge is 0.175 e. The number of rotatable bonds is 3. The van der Waals surface area contributed by atoms with Crippen molar-refractivity contribution in [1.29, 1.82) is 0 Å². The Morgan fingerprint density at radius 3 is 2.19 bits per heavy atom. The Hall–Kier alpha value is -2.05. The van der Waals surface area contributed by atoms with Gasteiger partial charge in [-0.25, -0.2) is 8.42 Å². The van der Waals surface area contributed by atoms with Crippen molar-refractivity contribution >= 4 is 21.4 Å². The summed E-state index contributed by atoms with van der Waals surface area (Å²) in [5.41, 5.74) is 2.72. The van der Waals surface area contributed by atoms with E-state index in [4.69, 9.17) is 0 Å². The summed E-state index contributed by atoms with van der Waals surface area (Å²) in [6.07, 6.45) is 1.20. The number of nitrogens with zero attached hydrogens (tertiary/aromatic N) is 2. The lowest BCUT2D eigenvalue weighted by molar-refractivity contribution is 0.602. The number of hydrogen-bond donors (Lipinski definition) is 0. The number of sulfone groups is 1. The average molecular weight is 316 g/mol. The van der Waals surface area contributed by atoms with Crippen LogP contribution in [0.15, 0.2) is 59.5 Å². The van der Waals surface area contributed by atoms with Crippen LogP contribution < -0.4 is 0 Å². The van der Waals surface area contributed by atoms with Crippen molar-refractivity contribution < 1.29 is 8.42 Å². The zero-order chi connectivity index (χ0) is 14.9. The summed E-state index contributed by atoms with van der Waals surface area (Å²) in [6, 6.07) is 16.6. The third-order valence-corrected chi connectivity index (χ3v) is 4.98. The Bertz CT molecular complexity index is 854. The second-order valence-electron chi connectivity index (χ2n) is 4.61. The van der Waals surface area contributed by atoms with Crippen LogP contribution in [0.4, 0.5) is 0 Å². The number of hydrogen-bond acceptors (Lipinski definition) is 5. The molecule has 6 heteroatoms. The predicted molar refractivity (Wildman–Crippen MR) is 83.9 cm³/mol. The van der Waals surface area contributed by atoms with Gasteiger partial charge in [0.25, 0.3) is 0 Å². The first-order valence-corrected chi connectivity index (χ1v) is 8.90. The van der Waals surface area contributed by atoms with Gasteiger partial charge in [0.05, 0.1) is 9.77 Å². The number of benzene rings is 2. The molecule has 3 aromatic rings. The molecule has 0 bridgehead atoms. The van der Waals surface area contributed by atoms with Crippen LogP contribution in [0, 0.1) is 0 Å². The molecule has 0 saturated carbocycles. The highest BCUT2D eigenvalue weighted by molar-refractivity contribution is 7.90. The van der Waals surface area contributed by atoms with E-state index in [1.54, 1.807) is 24.3 Å². The molecule has 1 aromatic heterocycles. The lowest BCUT2D eigenvalue weighted by Crippen LogP contribution is -1.96. The molecule has 0 atom stereocenters. The third kappa shape index (κ3) is 2.86. The monoisotopic (exact) mass is 316 g/mol. The maximum Gasteiger partial charge on any atom is 0.175 e. The fourth-order valence-electron chi connectivity index (χ4n) is 2.02. The first-order chi connectivity index (χ1) is 10.1. The van der Waals surface area contributed by atoms with E-state index >= 15 is 0 Å². The van der Waals surface area contributed by atoms with Gasteiger partial charge in [0.15, 0.2) is 9.84 Å². The molecule has 106 valence electrons. The summed E-state index contributed by atoms with van der Waals surface area (Å²) in [7, 11) is -3.18. The highest BCUT2D eigenvalue weighted by atomic mass is 32.2. The molecule has 21 heavy (non-hydrogen) atoms. The van der Waals surface area contributed by atoms with Gasteiger partial charge in [-0.1, -0.05) is 47.0 Å². The van der Waals surface area contributed by atoms with Crippen LogP contribution in [-0.2, 0) is 9.84 Å². The van der Waals surface area contributed by atoms with Gasteiger partial charge < -0.3 is 0 Å². The Labute approximate surface area is 127 Å². The maximum absolute atomic E-state index is 11.5. The van der Waals surface area contributed by atoms with Crippen molar-refractivity contribution in [2.45, 2.75) is 4.90 Å². The minimum absolute atomic E-state index is 0.310. The first kappa shape index (κ1) is 13.9. The molecule has 0 radical (unpaired) electrons. The summed E-state index contributed by atoms with van der Waals surface area (Å²) in [5.74, 6) is 0. The van der Waals surface area contributed by atoms with E-state index in [0.29, 0.717) is 4.90 Å². The average Bonchev–Trinajstić information content (AvgIpc) is 2.97. The second kappa shape index (κ2) is 5.38. The maximum atomic E-state index is 11.5. The Kier molecular flexibility index (Phi) is 3.57. The first-order valence-electron chi connectivity index (χ1n) is 6.24. The zero-order valence-corrected chi connectivity index (χ0v) is 12.9. The molecule has 0 N–H and O–H groups in total. The normalized spacial score (nSPS) is 11.5. The van der Waals surface area contributed by atoms with Gasteiger partial charge in [-0.15, -0.1) is 5.10 Å². The Morgan fingerprint density at radius 2 is 1.57 bits per heavy atom. The van der Waals surface area contributed by atoms with Crippen molar-refractivity contribution in [3.05, 3.63) is 54.6 Å². The highest BCUT2D eigenvalue weighted by Crippen LogP contribution is 2.33. The zero-order valence-electron chi connectivity index (χ0n) is 11.2. The molecule has 0 saturated heterocycles. The van der Waals surface area contributed by atoms with Gasteiger partial charge in [-0.3, -0.25) is 0 Å². The SMILES string of the molecule is CS(=O)(=O)c1ccc(-c2snnc2-c2ccccc2)cc1. The third-order valence-electron chi connectivity index (χ3n) is 3.08. The highest BCUT2D eigenvalue weighted by Gasteiger charge is 2.13. The predicted octanol–water partition coefficient (Wildman–Crippen LogP) is 3.28. The molecule has 0 aliphatic rings. The summed E-state index contributed by atoms with van der Waals surface area (Å²) in [5, 5.41) is 4.18. The molecule has 0 aliphatic heterocycles. The van der Waals surface area contributed by atoms with E-state index < -0.39 is 9.84 Å². The minimum Gasteiger partial charge on any atom is -0.224 e. The fourth-order valence-corrected chi connectivity index (χ4v) is 3.34. The van der Waals surface area contributed by atoms with Gasteiger partial charge >= 0.3 is 0 Å². The quantitative estimate of drug-likeness (QED) is 0.744. The number of aromatic nitrogens is 2. The van der Waals surface area contributed by atoms with E-state index in [1.165, 1.54) is 17.8 Å². The van der Waals surface area contributed by atoms with Crippen LogP contribution in [-0.4, -0.2) is 24.3 Å². The van der Waals surface area contributed by atoms with Crippen molar-refractivity contribution in [1.82, 2.24) is 9.59 Å². The molecule has 0 unspecified atom stereocenters. The molecule has 0 amide bonds. The van der Waals surface area contributed by atoms with Crippen molar-refractivity contribution in [3.8, 4) is 21.7 Å². The molecular weight excluding hydrogens is 304 g/mol. The van der Waals surface area contributed by atoms with Gasteiger partial charge in [-0.05, 0) is 29.2 Å². The van der Waals surface area contributed by atoms with Crippen LogP contribution in [0.1, 0.15) is 0 Å². The van der Waals surface area contributed by atoms with Crippen molar-refractivity contribution in [2.75, 3.05) is 6.26 Å². The van der Waals surface area contributed by atoms with Crippen molar-refractivity contribution in [2.24, 2.45) is 0 Å². The molecule has 0 aliphatic carbocycles. The van der Waals surface area contributed by atoms with Gasteiger partial charge in [0.1, 0.15) is 5.69 Å². The summed E-state index contributed by atoms with van der Waals surface area (Å²) in [4.78, 5) is 1.24. The van der Waals surface area contributed by atoms with Gasteiger partial charge in [0, 0.05) is 11.8 Å². The topological polar surface area (TPSA) is 59.9 Å². The van der Waals surface area contributed by atoms with Crippen LogP contribution in [0.3, 0.4) is 0 Å². The van der Waals surface area contributed by atoms with Gasteiger partial charge in [-0.2, -0.15) is 0 Å². The molecule has 0 spiro atoms. The summed E-state index contributed by atoms with van der Waals surface area (Å²) < 4.78 is 27.0.